The van der Waals surface area contributed by atoms with Crippen LogP contribution in [0.25, 0.3) is 0 Å². The molecule has 0 aromatic heterocycles. The standard InChI is InChI=1S/C13H16O/c1-2-8-5-6-11(14)13-10-4-3-9(7-10)12(8)13/h5-6,9-10,14H,2-4,7H2,1H3. The van der Waals surface area contributed by atoms with Crippen LogP contribution in [0.2, 0.25) is 0 Å². The van der Waals surface area contributed by atoms with Gasteiger partial charge in [-0.2, -0.15) is 0 Å². The number of hydrogen-bond acceptors (Lipinski definition) is 1. The molecule has 74 valence electrons. The van der Waals surface area contributed by atoms with Crippen LogP contribution in [0.1, 0.15) is 54.7 Å². The number of aryl methyl sites for hydroxylation is 1. The summed E-state index contributed by atoms with van der Waals surface area (Å²) in [6.07, 6.45) is 5.03. The summed E-state index contributed by atoms with van der Waals surface area (Å²) in [5, 5.41) is 9.87. The summed E-state index contributed by atoms with van der Waals surface area (Å²) in [6.45, 7) is 2.21. The second-order valence-electron chi connectivity index (χ2n) is 4.63. The Morgan fingerprint density at radius 3 is 2.64 bits per heavy atom. The van der Waals surface area contributed by atoms with E-state index in [1.165, 1.54) is 36.0 Å². The number of fused-ring (bicyclic) bond motifs is 5. The van der Waals surface area contributed by atoms with Gasteiger partial charge >= 0.3 is 0 Å². The summed E-state index contributed by atoms with van der Waals surface area (Å²) >= 11 is 0. The number of hydrogen-bond donors (Lipinski definition) is 1. The molecule has 14 heavy (non-hydrogen) atoms. The lowest BCUT2D eigenvalue weighted by atomic mass is 9.87. The van der Waals surface area contributed by atoms with Gasteiger partial charge in [0.1, 0.15) is 5.75 Å². The summed E-state index contributed by atoms with van der Waals surface area (Å²) in [4.78, 5) is 0. The quantitative estimate of drug-likeness (QED) is 0.716. The normalized spacial score (nSPS) is 28.1. The Kier molecular flexibility index (Phi) is 1.64. The third-order valence-corrected chi connectivity index (χ3v) is 3.98. The van der Waals surface area contributed by atoms with E-state index in [0.29, 0.717) is 11.7 Å². The minimum Gasteiger partial charge on any atom is -0.508 e. The monoisotopic (exact) mass is 188 g/mol. The van der Waals surface area contributed by atoms with Crippen molar-refractivity contribution in [3.63, 3.8) is 0 Å². The molecule has 1 nitrogen and oxygen atoms in total. The Labute approximate surface area is 84.8 Å². The Morgan fingerprint density at radius 1 is 1.21 bits per heavy atom. The van der Waals surface area contributed by atoms with Gasteiger partial charge < -0.3 is 5.11 Å². The molecule has 2 unspecified atom stereocenters. The van der Waals surface area contributed by atoms with Gasteiger partial charge in [0.2, 0.25) is 0 Å². The fourth-order valence-electron chi connectivity index (χ4n) is 3.40. The van der Waals surface area contributed by atoms with Crippen LogP contribution >= 0.6 is 0 Å². The molecule has 1 aromatic carbocycles. The zero-order valence-electron chi connectivity index (χ0n) is 8.59. The summed E-state index contributed by atoms with van der Waals surface area (Å²) in [5.41, 5.74) is 4.26. The highest BCUT2D eigenvalue weighted by atomic mass is 16.3. The molecule has 1 heteroatoms. The van der Waals surface area contributed by atoms with Crippen LogP contribution in [0.3, 0.4) is 0 Å². The Hall–Kier alpha value is -0.980. The second-order valence-corrected chi connectivity index (χ2v) is 4.63. The number of aromatic hydroxyl groups is 1. The first-order chi connectivity index (χ1) is 6.81. The van der Waals surface area contributed by atoms with Crippen molar-refractivity contribution in [1.82, 2.24) is 0 Å². The van der Waals surface area contributed by atoms with Crippen molar-refractivity contribution in [2.45, 2.75) is 44.4 Å². The fraction of sp³-hybridized carbons (Fsp3) is 0.538. The van der Waals surface area contributed by atoms with Gasteiger partial charge in [-0.25, -0.2) is 0 Å². The first-order valence-electron chi connectivity index (χ1n) is 5.66. The van der Waals surface area contributed by atoms with Gasteiger partial charge in [0, 0.05) is 5.56 Å². The van der Waals surface area contributed by atoms with Crippen LogP contribution < -0.4 is 0 Å². The molecule has 2 bridgehead atoms. The highest BCUT2D eigenvalue weighted by Crippen LogP contribution is 2.56. The predicted octanol–water partition coefficient (Wildman–Crippen LogP) is 3.32. The molecule has 1 saturated carbocycles. The third-order valence-electron chi connectivity index (χ3n) is 3.98. The maximum absolute atomic E-state index is 9.87. The smallest absolute Gasteiger partial charge is 0.119 e. The van der Waals surface area contributed by atoms with E-state index in [-0.39, 0.29) is 0 Å². The predicted molar refractivity (Wildman–Crippen MR) is 56.8 cm³/mol. The average molecular weight is 188 g/mol. The first-order valence-corrected chi connectivity index (χ1v) is 5.66. The average Bonchev–Trinajstić information content (AvgIpc) is 2.79. The summed E-state index contributed by atoms with van der Waals surface area (Å²) in [7, 11) is 0. The van der Waals surface area contributed by atoms with Crippen LogP contribution in [0.5, 0.6) is 5.75 Å². The van der Waals surface area contributed by atoms with Gasteiger partial charge in [0.15, 0.2) is 0 Å². The topological polar surface area (TPSA) is 20.2 Å². The van der Waals surface area contributed by atoms with Gasteiger partial charge in [-0.1, -0.05) is 13.0 Å². The zero-order chi connectivity index (χ0) is 9.71. The lowest BCUT2D eigenvalue weighted by Crippen LogP contribution is -2.02. The molecule has 0 spiro atoms. The zero-order valence-corrected chi connectivity index (χ0v) is 8.59. The number of benzene rings is 1. The van der Waals surface area contributed by atoms with Crippen molar-refractivity contribution in [3.8, 4) is 5.75 Å². The molecule has 2 atom stereocenters. The maximum atomic E-state index is 9.87. The third kappa shape index (κ3) is 0.902. The lowest BCUT2D eigenvalue weighted by Gasteiger charge is -2.19. The van der Waals surface area contributed by atoms with E-state index < -0.39 is 0 Å². The fourth-order valence-corrected chi connectivity index (χ4v) is 3.40. The van der Waals surface area contributed by atoms with E-state index in [1.54, 1.807) is 0 Å². The second kappa shape index (κ2) is 2.75. The van der Waals surface area contributed by atoms with Gasteiger partial charge in [0.25, 0.3) is 0 Å². The Morgan fingerprint density at radius 2 is 1.93 bits per heavy atom. The molecule has 1 N–H and O–H groups in total. The van der Waals surface area contributed by atoms with Crippen LogP contribution in [0, 0.1) is 0 Å². The van der Waals surface area contributed by atoms with Gasteiger partial charge in [-0.3, -0.25) is 0 Å². The lowest BCUT2D eigenvalue weighted by molar-refractivity contribution is 0.461. The van der Waals surface area contributed by atoms with Crippen molar-refractivity contribution in [1.29, 1.82) is 0 Å². The van der Waals surface area contributed by atoms with Crippen LogP contribution in [0.15, 0.2) is 12.1 Å². The molecule has 2 aliphatic rings. The highest BCUT2D eigenvalue weighted by Gasteiger charge is 2.39. The maximum Gasteiger partial charge on any atom is 0.119 e. The number of phenolic OH excluding ortho intramolecular Hbond substituents is 1. The van der Waals surface area contributed by atoms with E-state index in [0.717, 1.165) is 12.3 Å². The largest absolute Gasteiger partial charge is 0.508 e. The molecule has 1 aromatic rings. The van der Waals surface area contributed by atoms with Crippen molar-refractivity contribution < 1.29 is 5.11 Å². The van der Waals surface area contributed by atoms with Gasteiger partial charge in [-0.15, -0.1) is 0 Å². The summed E-state index contributed by atoms with van der Waals surface area (Å²) in [5.74, 6) is 1.97. The molecule has 1 fully saturated rings. The molecule has 0 saturated heterocycles. The minimum atomic E-state index is 0.546. The molecule has 3 rings (SSSR count). The summed E-state index contributed by atoms with van der Waals surface area (Å²) < 4.78 is 0. The van der Waals surface area contributed by atoms with Crippen LogP contribution in [-0.2, 0) is 6.42 Å². The highest BCUT2D eigenvalue weighted by molar-refractivity contribution is 5.53. The number of phenols is 1. The van der Waals surface area contributed by atoms with Crippen molar-refractivity contribution in [2.24, 2.45) is 0 Å². The van der Waals surface area contributed by atoms with E-state index in [2.05, 4.69) is 13.0 Å². The van der Waals surface area contributed by atoms with E-state index in [4.69, 9.17) is 0 Å². The Balaban J connectivity index is 2.24. The van der Waals surface area contributed by atoms with Crippen LogP contribution in [-0.4, -0.2) is 5.11 Å². The molecule has 0 radical (unpaired) electrons. The Bertz CT molecular complexity index is 381. The molecular weight excluding hydrogens is 172 g/mol. The molecule has 0 heterocycles. The van der Waals surface area contributed by atoms with Gasteiger partial charge in [-0.05, 0) is 54.7 Å². The van der Waals surface area contributed by atoms with Crippen LogP contribution in [0.4, 0.5) is 0 Å². The first kappa shape index (κ1) is 8.34. The van der Waals surface area contributed by atoms with Gasteiger partial charge in [0.05, 0.1) is 0 Å². The SMILES string of the molecule is CCc1ccc(O)c2c1C1CCC2C1. The van der Waals surface area contributed by atoms with Crippen molar-refractivity contribution >= 4 is 0 Å². The molecular formula is C13H16O. The minimum absolute atomic E-state index is 0.546. The van der Waals surface area contributed by atoms with E-state index in [9.17, 15) is 5.11 Å². The number of rotatable bonds is 1. The molecule has 0 aliphatic heterocycles. The summed E-state index contributed by atoms with van der Waals surface area (Å²) in [6, 6.07) is 3.99. The van der Waals surface area contributed by atoms with E-state index in [1.807, 2.05) is 6.07 Å². The van der Waals surface area contributed by atoms with Crippen molar-refractivity contribution in [2.75, 3.05) is 0 Å². The van der Waals surface area contributed by atoms with Crippen molar-refractivity contribution in [3.05, 3.63) is 28.8 Å². The van der Waals surface area contributed by atoms with E-state index >= 15 is 0 Å². The molecule has 2 aliphatic carbocycles. The molecule has 0 amide bonds.